The zero-order valence-electron chi connectivity index (χ0n) is 6.54. The molecule has 0 spiro atoms. The van der Waals surface area contributed by atoms with Gasteiger partial charge in [0.25, 0.3) is 0 Å². The molecule has 0 bridgehead atoms. The summed E-state index contributed by atoms with van der Waals surface area (Å²) in [6, 6.07) is 0. The molecule has 1 amide bonds. The van der Waals surface area contributed by atoms with Gasteiger partial charge in [-0.1, -0.05) is 0 Å². The largest absolute Gasteiger partial charge is 0.443 e. The van der Waals surface area contributed by atoms with E-state index in [-0.39, 0.29) is 6.10 Å². The Bertz CT molecular complexity index is 149. The van der Waals surface area contributed by atoms with E-state index >= 15 is 0 Å². The van der Waals surface area contributed by atoms with E-state index in [9.17, 15) is 9.90 Å². The number of amides is 1. The van der Waals surface area contributed by atoms with E-state index in [1.807, 2.05) is 0 Å². The maximum atomic E-state index is 10.7. The lowest BCUT2D eigenvalue weighted by Crippen LogP contribution is -2.30. The van der Waals surface area contributed by atoms with Crippen LogP contribution < -0.4 is 5.32 Å². The molecule has 0 aliphatic heterocycles. The van der Waals surface area contributed by atoms with Crippen molar-refractivity contribution in [3.8, 4) is 0 Å². The van der Waals surface area contributed by atoms with Crippen molar-refractivity contribution in [1.29, 1.82) is 0 Å². The van der Waals surface area contributed by atoms with E-state index in [2.05, 4.69) is 5.32 Å². The van der Waals surface area contributed by atoms with E-state index < -0.39 is 12.2 Å². The molecule has 1 fully saturated rings. The van der Waals surface area contributed by atoms with Gasteiger partial charge in [0.05, 0.1) is 6.10 Å². The lowest BCUT2D eigenvalue weighted by Gasteiger charge is -2.14. The molecule has 2 unspecified atom stereocenters. The van der Waals surface area contributed by atoms with E-state index in [0.717, 1.165) is 19.3 Å². The summed E-state index contributed by atoms with van der Waals surface area (Å²) in [7, 11) is 1.50. The van der Waals surface area contributed by atoms with Crippen LogP contribution in [0.4, 0.5) is 4.79 Å². The Hall–Kier alpha value is -0.770. The molecule has 11 heavy (non-hydrogen) atoms. The van der Waals surface area contributed by atoms with Crippen molar-refractivity contribution in [2.75, 3.05) is 7.05 Å². The Morgan fingerprint density at radius 1 is 1.64 bits per heavy atom. The molecule has 2 N–H and O–H groups in total. The standard InChI is InChI=1S/C7H13NO3/c1-8-7(10)11-6-4-2-3-5(6)9/h5-6,9H,2-4H2,1H3,(H,8,10). The van der Waals surface area contributed by atoms with E-state index in [0.29, 0.717) is 0 Å². The molecule has 1 aliphatic carbocycles. The average Bonchev–Trinajstić information content (AvgIpc) is 2.37. The average molecular weight is 159 g/mol. The summed E-state index contributed by atoms with van der Waals surface area (Å²) in [5, 5.41) is 11.6. The lowest BCUT2D eigenvalue weighted by molar-refractivity contribution is 0.0232. The third-order valence-corrected chi connectivity index (χ3v) is 1.88. The Kier molecular flexibility index (Phi) is 2.70. The SMILES string of the molecule is CNC(=O)OC1CCCC1O. The zero-order valence-corrected chi connectivity index (χ0v) is 6.54. The number of carbonyl (C=O) groups is 1. The number of nitrogens with one attached hydrogen (secondary N) is 1. The van der Waals surface area contributed by atoms with Crippen LogP contribution in [0.5, 0.6) is 0 Å². The Morgan fingerprint density at radius 2 is 2.36 bits per heavy atom. The highest BCUT2D eigenvalue weighted by Gasteiger charge is 2.28. The van der Waals surface area contributed by atoms with Crippen molar-refractivity contribution in [3.05, 3.63) is 0 Å². The summed E-state index contributed by atoms with van der Waals surface area (Å²) in [6.07, 6.45) is 1.22. The van der Waals surface area contributed by atoms with E-state index in [1.165, 1.54) is 7.05 Å². The van der Waals surface area contributed by atoms with Gasteiger partial charge in [-0.3, -0.25) is 0 Å². The fraction of sp³-hybridized carbons (Fsp3) is 0.857. The predicted octanol–water partition coefficient (Wildman–Crippen LogP) is 0.256. The van der Waals surface area contributed by atoms with Crippen LogP contribution in [0.3, 0.4) is 0 Å². The summed E-state index contributed by atoms with van der Waals surface area (Å²) >= 11 is 0. The van der Waals surface area contributed by atoms with Crippen LogP contribution in [0, 0.1) is 0 Å². The molecule has 0 aromatic heterocycles. The minimum atomic E-state index is -0.465. The summed E-state index contributed by atoms with van der Waals surface area (Å²) in [5.74, 6) is 0. The van der Waals surface area contributed by atoms with E-state index in [1.54, 1.807) is 0 Å². The maximum absolute atomic E-state index is 10.7. The van der Waals surface area contributed by atoms with Crippen LogP contribution in [0.2, 0.25) is 0 Å². The number of carbonyl (C=O) groups excluding carboxylic acids is 1. The summed E-state index contributed by atoms with van der Waals surface area (Å²) in [5.41, 5.74) is 0. The number of aliphatic hydroxyl groups excluding tert-OH is 1. The molecule has 0 heterocycles. The zero-order chi connectivity index (χ0) is 8.27. The van der Waals surface area contributed by atoms with Gasteiger partial charge in [-0.15, -0.1) is 0 Å². The molecule has 64 valence electrons. The highest BCUT2D eigenvalue weighted by molar-refractivity contribution is 5.66. The molecule has 0 saturated heterocycles. The van der Waals surface area contributed by atoms with Crippen LogP contribution in [0.15, 0.2) is 0 Å². The van der Waals surface area contributed by atoms with Crippen molar-refractivity contribution in [3.63, 3.8) is 0 Å². The van der Waals surface area contributed by atoms with Crippen LogP contribution in [-0.4, -0.2) is 30.5 Å². The molecule has 1 saturated carbocycles. The topological polar surface area (TPSA) is 58.6 Å². The highest BCUT2D eigenvalue weighted by Crippen LogP contribution is 2.21. The first kappa shape index (κ1) is 8.33. The van der Waals surface area contributed by atoms with Crippen molar-refractivity contribution < 1.29 is 14.6 Å². The smallest absolute Gasteiger partial charge is 0.407 e. The maximum Gasteiger partial charge on any atom is 0.407 e. The van der Waals surface area contributed by atoms with Crippen molar-refractivity contribution in [1.82, 2.24) is 5.32 Å². The molecule has 4 heteroatoms. The summed E-state index contributed by atoms with van der Waals surface area (Å²) in [4.78, 5) is 10.7. The summed E-state index contributed by atoms with van der Waals surface area (Å²) in [6.45, 7) is 0. The van der Waals surface area contributed by atoms with Gasteiger partial charge >= 0.3 is 6.09 Å². The van der Waals surface area contributed by atoms with Gasteiger partial charge in [0.2, 0.25) is 0 Å². The number of ether oxygens (including phenoxy) is 1. The number of hydrogen-bond donors (Lipinski definition) is 2. The molecule has 1 aliphatic rings. The first-order valence-corrected chi connectivity index (χ1v) is 3.80. The second kappa shape index (κ2) is 3.57. The number of rotatable bonds is 1. The Balaban J connectivity index is 2.30. The monoisotopic (exact) mass is 159 g/mol. The fourth-order valence-corrected chi connectivity index (χ4v) is 1.24. The first-order chi connectivity index (χ1) is 5.24. The van der Waals surface area contributed by atoms with Gasteiger partial charge in [0.1, 0.15) is 6.10 Å². The first-order valence-electron chi connectivity index (χ1n) is 3.80. The van der Waals surface area contributed by atoms with Gasteiger partial charge in [-0.25, -0.2) is 4.79 Å². The second-order valence-corrected chi connectivity index (χ2v) is 2.69. The molecule has 0 aromatic rings. The number of alkyl carbamates (subject to hydrolysis) is 1. The van der Waals surface area contributed by atoms with Crippen LogP contribution in [0.1, 0.15) is 19.3 Å². The van der Waals surface area contributed by atoms with Crippen molar-refractivity contribution in [2.45, 2.75) is 31.5 Å². The number of hydrogen-bond acceptors (Lipinski definition) is 3. The lowest BCUT2D eigenvalue weighted by atomic mass is 10.3. The van der Waals surface area contributed by atoms with Crippen LogP contribution >= 0.6 is 0 Å². The van der Waals surface area contributed by atoms with Gasteiger partial charge in [0, 0.05) is 7.05 Å². The normalized spacial score (nSPS) is 30.0. The van der Waals surface area contributed by atoms with Gasteiger partial charge in [0.15, 0.2) is 0 Å². The molecular formula is C7H13NO3. The van der Waals surface area contributed by atoms with Gasteiger partial charge in [-0.2, -0.15) is 0 Å². The van der Waals surface area contributed by atoms with Crippen LogP contribution in [-0.2, 0) is 4.74 Å². The number of aliphatic hydroxyl groups is 1. The quantitative estimate of drug-likeness (QED) is 0.576. The fourth-order valence-electron chi connectivity index (χ4n) is 1.24. The van der Waals surface area contributed by atoms with Crippen LogP contribution in [0.25, 0.3) is 0 Å². The predicted molar refractivity (Wildman–Crippen MR) is 39.2 cm³/mol. The Labute approximate surface area is 65.5 Å². The molecule has 4 nitrogen and oxygen atoms in total. The van der Waals surface area contributed by atoms with Gasteiger partial charge in [-0.05, 0) is 19.3 Å². The van der Waals surface area contributed by atoms with Crippen molar-refractivity contribution >= 4 is 6.09 Å². The van der Waals surface area contributed by atoms with Crippen molar-refractivity contribution in [2.24, 2.45) is 0 Å². The summed E-state index contributed by atoms with van der Waals surface area (Å²) < 4.78 is 4.87. The molecule has 1 rings (SSSR count). The molecule has 0 radical (unpaired) electrons. The minimum absolute atomic E-state index is 0.296. The molecule has 0 aromatic carbocycles. The third kappa shape index (κ3) is 2.08. The van der Waals surface area contributed by atoms with E-state index in [4.69, 9.17) is 4.74 Å². The highest BCUT2D eigenvalue weighted by atomic mass is 16.6. The minimum Gasteiger partial charge on any atom is -0.443 e. The molecular weight excluding hydrogens is 146 g/mol. The Morgan fingerprint density at radius 3 is 2.82 bits per heavy atom. The molecule has 2 atom stereocenters. The van der Waals surface area contributed by atoms with Gasteiger partial charge < -0.3 is 15.2 Å². The third-order valence-electron chi connectivity index (χ3n) is 1.88. The second-order valence-electron chi connectivity index (χ2n) is 2.69.